The topological polar surface area (TPSA) is 23.6 Å². The highest BCUT2D eigenvalue weighted by Crippen LogP contribution is 2.26. The molecule has 3 nitrogen and oxygen atoms in total. The molecule has 3 heteroatoms. The molecule has 0 amide bonds. The van der Waals surface area contributed by atoms with Gasteiger partial charge in [0.2, 0.25) is 0 Å². The van der Waals surface area contributed by atoms with Crippen LogP contribution in [0.25, 0.3) is 0 Å². The summed E-state index contributed by atoms with van der Waals surface area (Å²) in [5.41, 5.74) is 2.01. The first-order valence-corrected chi connectivity index (χ1v) is 6.51. The maximum absolute atomic E-state index is 11.3. The number of carbonyl (C=O) groups is 1. The van der Waals surface area contributed by atoms with Gasteiger partial charge in [-0.05, 0) is 51.2 Å². The number of nitrogens with zero attached hydrogens (tertiary/aromatic N) is 2. The highest BCUT2D eigenvalue weighted by Gasteiger charge is 2.30. The monoisotopic (exact) mass is 246 g/mol. The van der Waals surface area contributed by atoms with Gasteiger partial charge in [0.15, 0.2) is 5.78 Å². The molecular formula is C15H22N2O. The van der Waals surface area contributed by atoms with E-state index in [4.69, 9.17) is 0 Å². The molecule has 1 aliphatic heterocycles. The van der Waals surface area contributed by atoms with Crippen LogP contribution in [0.4, 0.5) is 5.69 Å². The predicted octanol–water partition coefficient (Wildman–Crippen LogP) is 2.28. The van der Waals surface area contributed by atoms with E-state index in [1.54, 1.807) is 6.92 Å². The quantitative estimate of drug-likeness (QED) is 0.764. The Morgan fingerprint density at radius 3 is 2.28 bits per heavy atom. The zero-order chi connectivity index (χ0) is 13.3. The normalized spacial score (nSPS) is 23.7. The summed E-state index contributed by atoms with van der Waals surface area (Å²) in [5.74, 6) is 0.801. The lowest BCUT2D eigenvalue weighted by Gasteiger charge is -2.23. The Balaban J connectivity index is 2.11. The average Bonchev–Trinajstić information content (AvgIpc) is 2.71. The zero-order valence-corrected chi connectivity index (χ0v) is 11.7. The van der Waals surface area contributed by atoms with Crippen LogP contribution in [0.15, 0.2) is 24.3 Å². The maximum Gasteiger partial charge on any atom is 0.159 e. The van der Waals surface area contributed by atoms with E-state index in [1.165, 1.54) is 5.69 Å². The lowest BCUT2D eigenvalue weighted by molar-refractivity contribution is 0.101. The van der Waals surface area contributed by atoms with Crippen molar-refractivity contribution in [3.8, 4) is 0 Å². The van der Waals surface area contributed by atoms with Crippen molar-refractivity contribution >= 4 is 11.5 Å². The minimum absolute atomic E-state index is 0.127. The van der Waals surface area contributed by atoms with Gasteiger partial charge in [-0.2, -0.15) is 0 Å². The first-order chi connectivity index (χ1) is 8.49. The Kier molecular flexibility index (Phi) is 3.71. The van der Waals surface area contributed by atoms with E-state index in [-0.39, 0.29) is 5.78 Å². The van der Waals surface area contributed by atoms with Crippen LogP contribution < -0.4 is 4.90 Å². The van der Waals surface area contributed by atoms with E-state index in [2.05, 4.69) is 43.0 Å². The first kappa shape index (κ1) is 13.1. The molecule has 1 aromatic rings. The number of ketones is 1. The Bertz CT molecular complexity index is 425. The molecule has 2 unspecified atom stereocenters. The van der Waals surface area contributed by atoms with Gasteiger partial charge < -0.3 is 9.80 Å². The summed E-state index contributed by atoms with van der Waals surface area (Å²) in [6.07, 6.45) is 0. The second-order valence-electron chi connectivity index (χ2n) is 5.52. The fourth-order valence-electron chi connectivity index (χ4n) is 2.74. The second-order valence-corrected chi connectivity index (χ2v) is 5.52. The molecule has 2 rings (SSSR count). The van der Waals surface area contributed by atoms with E-state index in [0.29, 0.717) is 12.0 Å². The minimum atomic E-state index is 0.127. The molecule has 0 bridgehead atoms. The third kappa shape index (κ3) is 2.56. The van der Waals surface area contributed by atoms with E-state index in [9.17, 15) is 4.79 Å². The molecule has 1 heterocycles. The number of Topliss-reactive ketones (excluding diaryl/α,β-unsaturated/α-hetero) is 1. The van der Waals surface area contributed by atoms with Crippen molar-refractivity contribution in [2.45, 2.75) is 19.9 Å². The number of anilines is 1. The predicted molar refractivity (Wildman–Crippen MR) is 75.3 cm³/mol. The lowest BCUT2D eigenvalue weighted by Crippen LogP contribution is -2.34. The number of rotatable bonds is 3. The fourth-order valence-corrected chi connectivity index (χ4v) is 2.74. The zero-order valence-electron chi connectivity index (χ0n) is 11.7. The van der Waals surface area contributed by atoms with Crippen molar-refractivity contribution in [1.29, 1.82) is 0 Å². The molecule has 0 aliphatic carbocycles. The Morgan fingerprint density at radius 2 is 1.83 bits per heavy atom. The van der Waals surface area contributed by atoms with E-state index >= 15 is 0 Å². The standard InChI is InChI=1S/C15H22N2O/c1-11-9-17(10-15(11)16(3)4)14-7-5-13(6-8-14)12(2)18/h5-8,11,15H,9-10H2,1-4H3. The molecule has 1 aromatic carbocycles. The SMILES string of the molecule is CC(=O)c1ccc(N2CC(C)C(N(C)C)C2)cc1. The summed E-state index contributed by atoms with van der Waals surface area (Å²) in [5, 5.41) is 0. The van der Waals surface area contributed by atoms with Crippen LogP contribution in [0.1, 0.15) is 24.2 Å². The van der Waals surface area contributed by atoms with Crippen molar-refractivity contribution in [2.75, 3.05) is 32.1 Å². The average molecular weight is 246 g/mol. The highest BCUT2D eigenvalue weighted by atomic mass is 16.1. The Morgan fingerprint density at radius 1 is 1.22 bits per heavy atom. The number of carbonyl (C=O) groups excluding carboxylic acids is 1. The van der Waals surface area contributed by atoms with Gasteiger partial charge in [0.1, 0.15) is 0 Å². The molecule has 0 saturated carbocycles. The van der Waals surface area contributed by atoms with Gasteiger partial charge in [-0.15, -0.1) is 0 Å². The summed E-state index contributed by atoms with van der Waals surface area (Å²) in [4.78, 5) is 16.0. The third-order valence-corrected chi connectivity index (χ3v) is 3.87. The molecule has 98 valence electrons. The second kappa shape index (κ2) is 5.11. The summed E-state index contributed by atoms with van der Waals surface area (Å²) < 4.78 is 0. The third-order valence-electron chi connectivity index (χ3n) is 3.87. The first-order valence-electron chi connectivity index (χ1n) is 6.51. The number of likely N-dealkylation sites (N-methyl/N-ethyl adjacent to an activating group) is 1. The largest absolute Gasteiger partial charge is 0.370 e. The van der Waals surface area contributed by atoms with Crippen molar-refractivity contribution in [1.82, 2.24) is 4.90 Å². The van der Waals surface area contributed by atoms with E-state index in [0.717, 1.165) is 18.7 Å². The van der Waals surface area contributed by atoms with Crippen LogP contribution in [-0.4, -0.2) is 43.9 Å². The van der Waals surface area contributed by atoms with Gasteiger partial charge in [0.25, 0.3) is 0 Å². The maximum atomic E-state index is 11.3. The van der Waals surface area contributed by atoms with Gasteiger partial charge >= 0.3 is 0 Å². The summed E-state index contributed by atoms with van der Waals surface area (Å²) in [6, 6.07) is 8.57. The van der Waals surface area contributed by atoms with Crippen molar-refractivity contribution in [3.05, 3.63) is 29.8 Å². The molecule has 1 saturated heterocycles. The van der Waals surface area contributed by atoms with Gasteiger partial charge in [-0.25, -0.2) is 0 Å². The molecule has 0 radical (unpaired) electrons. The number of hydrogen-bond acceptors (Lipinski definition) is 3. The molecule has 0 N–H and O–H groups in total. The van der Waals surface area contributed by atoms with E-state index in [1.807, 2.05) is 12.1 Å². The van der Waals surface area contributed by atoms with Crippen LogP contribution in [0.3, 0.4) is 0 Å². The van der Waals surface area contributed by atoms with Crippen LogP contribution in [0.2, 0.25) is 0 Å². The van der Waals surface area contributed by atoms with Crippen molar-refractivity contribution in [3.63, 3.8) is 0 Å². The van der Waals surface area contributed by atoms with Gasteiger partial charge in [0, 0.05) is 30.4 Å². The molecule has 1 fully saturated rings. The molecule has 1 aliphatic rings. The molecule has 0 spiro atoms. The number of benzene rings is 1. The summed E-state index contributed by atoms with van der Waals surface area (Å²) >= 11 is 0. The highest BCUT2D eigenvalue weighted by molar-refractivity contribution is 5.94. The van der Waals surface area contributed by atoms with Crippen LogP contribution in [-0.2, 0) is 0 Å². The Hall–Kier alpha value is -1.35. The van der Waals surface area contributed by atoms with Gasteiger partial charge in [-0.3, -0.25) is 4.79 Å². The smallest absolute Gasteiger partial charge is 0.159 e. The summed E-state index contributed by atoms with van der Waals surface area (Å²) in [7, 11) is 4.28. The van der Waals surface area contributed by atoms with Crippen LogP contribution in [0.5, 0.6) is 0 Å². The van der Waals surface area contributed by atoms with E-state index < -0.39 is 0 Å². The molecule has 18 heavy (non-hydrogen) atoms. The van der Waals surface area contributed by atoms with Crippen molar-refractivity contribution < 1.29 is 4.79 Å². The molecular weight excluding hydrogens is 224 g/mol. The van der Waals surface area contributed by atoms with Gasteiger partial charge in [-0.1, -0.05) is 6.92 Å². The molecule has 0 aromatic heterocycles. The Labute approximate surface area is 109 Å². The van der Waals surface area contributed by atoms with Crippen LogP contribution >= 0.6 is 0 Å². The lowest BCUT2D eigenvalue weighted by atomic mass is 10.1. The summed E-state index contributed by atoms with van der Waals surface area (Å²) in [6.45, 7) is 6.06. The molecule has 2 atom stereocenters. The van der Waals surface area contributed by atoms with Crippen LogP contribution in [0, 0.1) is 5.92 Å². The fraction of sp³-hybridized carbons (Fsp3) is 0.533. The van der Waals surface area contributed by atoms with Crippen molar-refractivity contribution in [2.24, 2.45) is 5.92 Å². The number of hydrogen-bond donors (Lipinski definition) is 0. The van der Waals surface area contributed by atoms with Gasteiger partial charge in [0.05, 0.1) is 0 Å². The minimum Gasteiger partial charge on any atom is -0.370 e.